The van der Waals surface area contributed by atoms with Crippen molar-refractivity contribution in [2.75, 3.05) is 26.4 Å². The van der Waals surface area contributed by atoms with Crippen LogP contribution in [-0.4, -0.2) is 50.5 Å². The highest BCUT2D eigenvalue weighted by atomic mass is 19.4. The second-order valence-electron chi connectivity index (χ2n) is 5.60. The first-order valence-electron chi connectivity index (χ1n) is 7.18. The van der Waals surface area contributed by atoms with Crippen molar-refractivity contribution in [3.8, 4) is 0 Å². The van der Waals surface area contributed by atoms with E-state index in [0.29, 0.717) is 6.42 Å². The van der Waals surface area contributed by atoms with Crippen LogP contribution < -0.4 is 0 Å². The molecule has 0 fully saturated rings. The number of hydrogen-bond donors (Lipinski definition) is 0. The molecule has 0 saturated heterocycles. The number of halogens is 5. The van der Waals surface area contributed by atoms with Gasteiger partial charge in [0, 0.05) is 0 Å². The minimum Gasteiger partial charge on any atom is -0.464 e. The fourth-order valence-electron chi connectivity index (χ4n) is 1.16. The molecule has 0 aromatic carbocycles. The van der Waals surface area contributed by atoms with Crippen molar-refractivity contribution in [3.63, 3.8) is 0 Å². The maximum absolute atomic E-state index is 12.5. The molecule has 0 aromatic rings. The van der Waals surface area contributed by atoms with Crippen LogP contribution in [0.25, 0.3) is 0 Å². The zero-order valence-electron chi connectivity index (χ0n) is 13.7. The van der Waals surface area contributed by atoms with E-state index in [1.807, 2.05) is 6.92 Å². The molecule has 0 aromatic heterocycles. The zero-order valence-corrected chi connectivity index (χ0v) is 13.7. The van der Waals surface area contributed by atoms with Crippen molar-refractivity contribution in [2.24, 2.45) is 5.41 Å². The SMILES string of the molecule is CCC(C)(C)C(=O)OCCOCC(=O)OCCC(F)(F)C(F)(F)F. The van der Waals surface area contributed by atoms with Gasteiger partial charge in [0.1, 0.15) is 13.2 Å². The summed E-state index contributed by atoms with van der Waals surface area (Å²) in [5.74, 6) is -6.45. The van der Waals surface area contributed by atoms with E-state index in [9.17, 15) is 31.5 Å². The Morgan fingerprint density at radius 3 is 2.00 bits per heavy atom. The lowest BCUT2D eigenvalue weighted by atomic mass is 9.91. The van der Waals surface area contributed by atoms with Gasteiger partial charge in [-0.2, -0.15) is 22.0 Å². The summed E-state index contributed by atoms with van der Waals surface area (Å²) >= 11 is 0. The van der Waals surface area contributed by atoms with Crippen LogP contribution in [0.15, 0.2) is 0 Å². The van der Waals surface area contributed by atoms with Gasteiger partial charge < -0.3 is 14.2 Å². The standard InChI is InChI=1S/C14H21F5O5/c1-4-12(2,3)11(21)24-8-7-22-9-10(20)23-6-5-13(15,16)14(17,18)19/h4-9H2,1-3H3. The molecule has 0 atom stereocenters. The van der Waals surface area contributed by atoms with Crippen LogP contribution in [0, 0.1) is 5.41 Å². The molecule has 0 aliphatic rings. The van der Waals surface area contributed by atoms with E-state index in [2.05, 4.69) is 4.74 Å². The van der Waals surface area contributed by atoms with Gasteiger partial charge in [0.05, 0.1) is 25.0 Å². The van der Waals surface area contributed by atoms with Crippen molar-refractivity contribution >= 4 is 11.9 Å². The van der Waals surface area contributed by atoms with Gasteiger partial charge in [-0.1, -0.05) is 6.92 Å². The average molecular weight is 364 g/mol. The van der Waals surface area contributed by atoms with Gasteiger partial charge in [0.25, 0.3) is 0 Å². The Hall–Kier alpha value is -1.45. The van der Waals surface area contributed by atoms with Gasteiger partial charge in [0.15, 0.2) is 0 Å². The normalized spacial score (nSPS) is 12.8. The number of ether oxygens (including phenoxy) is 3. The maximum atomic E-state index is 12.5. The third-order valence-electron chi connectivity index (χ3n) is 3.21. The first kappa shape index (κ1) is 22.6. The number of hydrogen-bond acceptors (Lipinski definition) is 5. The predicted octanol–water partition coefficient (Wildman–Crippen LogP) is 3.11. The van der Waals surface area contributed by atoms with E-state index in [1.165, 1.54) is 0 Å². The predicted molar refractivity (Wildman–Crippen MR) is 72.4 cm³/mol. The van der Waals surface area contributed by atoms with Gasteiger partial charge in [0.2, 0.25) is 0 Å². The molecule has 0 radical (unpaired) electrons. The van der Waals surface area contributed by atoms with Crippen molar-refractivity contribution in [1.82, 2.24) is 0 Å². The summed E-state index contributed by atoms with van der Waals surface area (Å²) in [6.45, 7) is 3.21. The average Bonchev–Trinajstić information content (AvgIpc) is 2.45. The van der Waals surface area contributed by atoms with E-state index < -0.39 is 49.1 Å². The molecule has 142 valence electrons. The number of carbonyl (C=O) groups is 2. The summed E-state index contributed by atoms with van der Waals surface area (Å²) in [5.41, 5.74) is -0.650. The van der Waals surface area contributed by atoms with E-state index >= 15 is 0 Å². The molecule has 0 aliphatic carbocycles. The third kappa shape index (κ3) is 7.89. The first-order valence-corrected chi connectivity index (χ1v) is 7.18. The van der Waals surface area contributed by atoms with Gasteiger partial charge in [-0.25, -0.2) is 4.79 Å². The molecule has 0 bridgehead atoms. The fraction of sp³-hybridized carbons (Fsp3) is 0.857. The lowest BCUT2D eigenvalue weighted by Crippen LogP contribution is -2.37. The van der Waals surface area contributed by atoms with E-state index in [1.54, 1.807) is 13.8 Å². The molecule has 0 spiro atoms. The van der Waals surface area contributed by atoms with Gasteiger partial charge in [-0.3, -0.25) is 4.79 Å². The second-order valence-corrected chi connectivity index (χ2v) is 5.60. The molecule has 0 N–H and O–H groups in total. The molecule has 0 amide bonds. The van der Waals surface area contributed by atoms with E-state index in [4.69, 9.17) is 9.47 Å². The molecular formula is C14H21F5O5. The molecule has 0 heterocycles. The van der Waals surface area contributed by atoms with Crippen molar-refractivity contribution in [2.45, 2.75) is 45.7 Å². The number of esters is 2. The smallest absolute Gasteiger partial charge is 0.453 e. The van der Waals surface area contributed by atoms with E-state index in [0.717, 1.165) is 0 Å². The van der Waals surface area contributed by atoms with Crippen LogP contribution in [-0.2, 0) is 23.8 Å². The number of carbonyl (C=O) groups excluding carboxylic acids is 2. The highest BCUT2D eigenvalue weighted by Gasteiger charge is 2.56. The van der Waals surface area contributed by atoms with Crippen LogP contribution in [0.4, 0.5) is 22.0 Å². The third-order valence-corrected chi connectivity index (χ3v) is 3.21. The topological polar surface area (TPSA) is 61.8 Å². The largest absolute Gasteiger partial charge is 0.464 e. The van der Waals surface area contributed by atoms with Crippen LogP contribution in [0.2, 0.25) is 0 Å². The van der Waals surface area contributed by atoms with Crippen LogP contribution in [0.3, 0.4) is 0 Å². The highest BCUT2D eigenvalue weighted by molar-refractivity contribution is 5.75. The molecule has 0 aliphatic heterocycles. The number of alkyl halides is 5. The Kier molecular flexibility index (Phi) is 8.59. The Bertz CT molecular complexity index is 420. The molecule has 24 heavy (non-hydrogen) atoms. The van der Waals surface area contributed by atoms with Gasteiger partial charge in [-0.15, -0.1) is 0 Å². The minimum atomic E-state index is -5.69. The Morgan fingerprint density at radius 1 is 0.917 bits per heavy atom. The monoisotopic (exact) mass is 364 g/mol. The summed E-state index contributed by atoms with van der Waals surface area (Å²) in [6, 6.07) is 0. The number of rotatable bonds is 10. The lowest BCUT2D eigenvalue weighted by molar-refractivity contribution is -0.286. The summed E-state index contributed by atoms with van der Waals surface area (Å²) < 4.78 is 74.6. The van der Waals surface area contributed by atoms with Gasteiger partial charge in [-0.05, 0) is 20.3 Å². The minimum absolute atomic E-state index is 0.123. The Labute approximate surface area is 136 Å². The molecule has 0 unspecified atom stereocenters. The van der Waals surface area contributed by atoms with Crippen molar-refractivity contribution in [3.05, 3.63) is 0 Å². The molecular weight excluding hydrogens is 343 g/mol. The Morgan fingerprint density at radius 2 is 1.50 bits per heavy atom. The Balaban J connectivity index is 3.84. The summed E-state index contributed by atoms with van der Waals surface area (Å²) in [4.78, 5) is 22.7. The van der Waals surface area contributed by atoms with Crippen LogP contribution >= 0.6 is 0 Å². The molecule has 5 nitrogen and oxygen atoms in total. The first-order chi connectivity index (χ1) is 10.8. The summed E-state index contributed by atoms with van der Waals surface area (Å²) in [6.07, 6.45) is -6.78. The molecule has 10 heteroatoms. The van der Waals surface area contributed by atoms with Crippen LogP contribution in [0.1, 0.15) is 33.6 Å². The molecule has 0 saturated carbocycles. The molecule has 0 rings (SSSR count). The summed E-state index contributed by atoms with van der Waals surface area (Å²) in [5, 5.41) is 0. The van der Waals surface area contributed by atoms with Crippen molar-refractivity contribution < 1.29 is 45.8 Å². The maximum Gasteiger partial charge on any atom is 0.453 e. The lowest BCUT2D eigenvalue weighted by Gasteiger charge is -2.20. The van der Waals surface area contributed by atoms with Crippen LogP contribution in [0.5, 0.6) is 0 Å². The fourth-order valence-corrected chi connectivity index (χ4v) is 1.16. The van der Waals surface area contributed by atoms with Crippen molar-refractivity contribution in [1.29, 1.82) is 0 Å². The van der Waals surface area contributed by atoms with E-state index in [-0.39, 0.29) is 13.2 Å². The quantitative estimate of drug-likeness (QED) is 0.339. The van der Waals surface area contributed by atoms with Gasteiger partial charge >= 0.3 is 24.0 Å². The zero-order chi connectivity index (χ0) is 19.0. The highest BCUT2D eigenvalue weighted by Crippen LogP contribution is 2.37. The second kappa shape index (κ2) is 9.14. The summed E-state index contributed by atoms with van der Waals surface area (Å²) in [7, 11) is 0.